The molecule has 0 saturated heterocycles. The third-order valence-corrected chi connectivity index (χ3v) is 4.11. The topological polar surface area (TPSA) is 84.5 Å². The molecule has 2 aromatic carbocycles. The lowest BCUT2D eigenvalue weighted by atomic mass is 10.3. The number of carbonyl (C=O) groups is 1. The fourth-order valence-electron chi connectivity index (χ4n) is 1.72. The monoisotopic (exact) mass is 320 g/mol. The maximum Gasteiger partial charge on any atom is 0.411 e. The maximum absolute atomic E-state index is 12.2. The number of para-hydroxylation sites is 1. The number of hydrogen-bond donors (Lipinski definition) is 2. The van der Waals surface area contributed by atoms with Crippen LogP contribution in [0.5, 0.6) is 0 Å². The molecule has 0 atom stereocenters. The Hall–Kier alpha value is -2.54. The average molecular weight is 320 g/mol. The number of anilines is 2. The van der Waals surface area contributed by atoms with Crippen molar-refractivity contribution in [3.05, 3.63) is 54.6 Å². The molecule has 2 aromatic rings. The molecule has 6 nitrogen and oxygen atoms in total. The van der Waals surface area contributed by atoms with Gasteiger partial charge in [0.15, 0.2) is 0 Å². The van der Waals surface area contributed by atoms with Crippen molar-refractivity contribution >= 4 is 27.5 Å². The summed E-state index contributed by atoms with van der Waals surface area (Å²) in [5.74, 6) is 0. The summed E-state index contributed by atoms with van der Waals surface area (Å²) in [6.45, 7) is 1.96. The van der Waals surface area contributed by atoms with E-state index in [4.69, 9.17) is 4.74 Å². The normalized spacial score (nSPS) is 10.8. The lowest BCUT2D eigenvalue weighted by Crippen LogP contribution is -2.14. The van der Waals surface area contributed by atoms with E-state index in [0.717, 1.165) is 0 Å². The van der Waals surface area contributed by atoms with Gasteiger partial charge >= 0.3 is 6.09 Å². The molecule has 0 aliphatic carbocycles. The number of hydrogen-bond acceptors (Lipinski definition) is 4. The first-order chi connectivity index (χ1) is 10.5. The highest BCUT2D eigenvalue weighted by Crippen LogP contribution is 2.18. The van der Waals surface area contributed by atoms with Crippen molar-refractivity contribution in [3.63, 3.8) is 0 Å². The molecular weight excluding hydrogens is 304 g/mol. The minimum atomic E-state index is -3.66. The van der Waals surface area contributed by atoms with E-state index in [1.807, 2.05) is 0 Å². The zero-order valence-electron chi connectivity index (χ0n) is 11.9. The summed E-state index contributed by atoms with van der Waals surface area (Å²) in [4.78, 5) is 11.4. The van der Waals surface area contributed by atoms with Crippen molar-refractivity contribution in [3.8, 4) is 0 Å². The van der Waals surface area contributed by atoms with Crippen LogP contribution in [-0.2, 0) is 14.8 Å². The highest BCUT2D eigenvalue weighted by molar-refractivity contribution is 7.92. The van der Waals surface area contributed by atoms with Crippen molar-refractivity contribution < 1.29 is 17.9 Å². The zero-order chi connectivity index (χ0) is 16.0. The number of benzene rings is 2. The zero-order valence-corrected chi connectivity index (χ0v) is 12.8. The summed E-state index contributed by atoms with van der Waals surface area (Å²) in [7, 11) is -3.66. The van der Waals surface area contributed by atoms with Gasteiger partial charge in [-0.2, -0.15) is 0 Å². The lowest BCUT2D eigenvalue weighted by molar-refractivity contribution is 0.168. The van der Waals surface area contributed by atoms with Crippen LogP contribution in [0.4, 0.5) is 16.2 Å². The average Bonchev–Trinajstić information content (AvgIpc) is 2.48. The minimum Gasteiger partial charge on any atom is -0.450 e. The van der Waals surface area contributed by atoms with Crippen LogP contribution in [0.2, 0.25) is 0 Å². The maximum atomic E-state index is 12.2. The van der Waals surface area contributed by atoms with Gasteiger partial charge in [-0.1, -0.05) is 18.2 Å². The summed E-state index contributed by atoms with van der Waals surface area (Å²) in [5, 5.41) is 2.49. The Morgan fingerprint density at radius 3 is 2.23 bits per heavy atom. The Morgan fingerprint density at radius 2 is 1.64 bits per heavy atom. The Morgan fingerprint density at radius 1 is 1.00 bits per heavy atom. The molecule has 116 valence electrons. The molecule has 0 heterocycles. The second-order valence-corrected chi connectivity index (χ2v) is 6.02. The van der Waals surface area contributed by atoms with E-state index in [2.05, 4.69) is 10.0 Å². The summed E-state index contributed by atoms with van der Waals surface area (Å²) in [6.07, 6.45) is -0.583. The molecular formula is C15H16N2O4S. The summed E-state index contributed by atoms with van der Waals surface area (Å²) < 4.78 is 31.6. The molecule has 22 heavy (non-hydrogen) atoms. The van der Waals surface area contributed by atoms with Gasteiger partial charge in [0.25, 0.3) is 10.0 Å². The van der Waals surface area contributed by atoms with Crippen LogP contribution in [0.1, 0.15) is 6.92 Å². The van der Waals surface area contributed by atoms with Gasteiger partial charge in [0.05, 0.1) is 11.5 Å². The van der Waals surface area contributed by atoms with Gasteiger partial charge in [0, 0.05) is 11.4 Å². The number of ether oxygens (including phenoxy) is 1. The predicted octanol–water partition coefficient (Wildman–Crippen LogP) is 3.06. The van der Waals surface area contributed by atoms with Gasteiger partial charge in [-0.15, -0.1) is 0 Å². The molecule has 0 aliphatic rings. The molecule has 0 saturated carbocycles. The first kappa shape index (κ1) is 15.8. The molecule has 7 heteroatoms. The van der Waals surface area contributed by atoms with E-state index in [0.29, 0.717) is 11.4 Å². The second-order valence-electron chi connectivity index (χ2n) is 4.34. The lowest BCUT2D eigenvalue weighted by Gasteiger charge is -2.09. The second kappa shape index (κ2) is 6.95. The highest BCUT2D eigenvalue weighted by Gasteiger charge is 2.14. The van der Waals surface area contributed by atoms with Crippen LogP contribution >= 0.6 is 0 Å². The molecule has 2 N–H and O–H groups in total. The molecule has 0 aromatic heterocycles. The van der Waals surface area contributed by atoms with E-state index in [1.54, 1.807) is 37.3 Å². The Balaban J connectivity index is 2.10. The van der Waals surface area contributed by atoms with Gasteiger partial charge < -0.3 is 4.74 Å². The number of carbonyl (C=O) groups excluding carboxylic acids is 1. The SMILES string of the molecule is CCOC(=O)Nc1ccc(S(=O)(=O)Nc2ccccc2)cc1. The fourth-order valence-corrected chi connectivity index (χ4v) is 2.78. The van der Waals surface area contributed by atoms with Crippen molar-refractivity contribution in [2.75, 3.05) is 16.6 Å². The minimum absolute atomic E-state index is 0.103. The Bertz CT molecular complexity index is 728. The van der Waals surface area contributed by atoms with Gasteiger partial charge in [-0.05, 0) is 43.3 Å². The van der Waals surface area contributed by atoms with E-state index < -0.39 is 16.1 Å². The highest BCUT2D eigenvalue weighted by atomic mass is 32.2. The van der Waals surface area contributed by atoms with Crippen LogP contribution in [0.3, 0.4) is 0 Å². The van der Waals surface area contributed by atoms with Gasteiger partial charge in [0.2, 0.25) is 0 Å². The van der Waals surface area contributed by atoms with Gasteiger partial charge in [-0.25, -0.2) is 13.2 Å². The molecule has 1 amide bonds. The van der Waals surface area contributed by atoms with Crippen LogP contribution in [0.15, 0.2) is 59.5 Å². The Kier molecular flexibility index (Phi) is 5.00. The van der Waals surface area contributed by atoms with Crippen LogP contribution in [0.25, 0.3) is 0 Å². The third kappa shape index (κ3) is 4.23. The van der Waals surface area contributed by atoms with Gasteiger partial charge in [0.1, 0.15) is 0 Å². The molecule has 0 aliphatic heterocycles. The first-order valence-electron chi connectivity index (χ1n) is 6.63. The molecule has 0 bridgehead atoms. The van der Waals surface area contributed by atoms with E-state index in [1.165, 1.54) is 24.3 Å². The number of amides is 1. The summed E-state index contributed by atoms with van der Waals surface area (Å²) in [6, 6.07) is 14.4. The van der Waals surface area contributed by atoms with Crippen LogP contribution < -0.4 is 10.0 Å². The Labute approximate surface area is 129 Å². The number of rotatable bonds is 5. The quantitative estimate of drug-likeness (QED) is 0.886. The predicted molar refractivity (Wildman–Crippen MR) is 84.3 cm³/mol. The van der Waals surface area contributed by atoms with E-state index >= 15 is 0 Å². The summed E-state index contributed by atoms with van der Waals surface area (Å²) in [5.41, 5.74) is 0.938. The van der Waals surface area contributed by atoms with E-state index in [-0.39, 0.29) is 11.5 Å². The number of nitrogens with one attached hydrogen (secondary N) is 2. The molecule has 0 radical (unpaired) electrons. The first-order valence-corrected chi connectivity index (χ1v) is 8.11. The fraction of sp³-hybridized carbons (Fsp3) is 0.133. The van der Waals surface area contributed by atoms with Crippen LogP contribution in [0, 0.1) is 0 Å². The van der Waals surface area contributed by atoms with Crippen molar-refractivity contribution in [2.24, 2.45) is 0 Å². The largest absolute Gasteiger partial charge is 0.450 e. The van der Waals surface area contributed by atoms with Gasteiger partial charge in [-0.3, -0.25) is 10.0 Å². The van der Waals surface area contributed by atoms with Crippen molar-refractivity contribution in [1.82, 2.24) is 0 Å². The molecule has 0 spiro atoms. The molecule has 0 unspecified atom stereocenters. The molecule has 0 fully saturated rings. The third-order valence-electron chi connectivity index (χ3n) is 2.71. The van der Waals surface area contributed by atoms with E-state index in [9.17, 15) is 13.2 Å². The number of sulfonamides is 1. The smallest absolute Gasteiger partial charge is 0.411 e. The molecule has 2 rings (SSSR count). The standard InChI is InChI=1S/C15H16N2O4S/c1-2-21-15(18)16-12-8-10-14(11-9-12)22(19,20)17-13-6-4-3-5-7-13/h3-11,17H,2H2,1H3,(H,16,18). The summed E-state index contributed by atoms with van der Waals surface area (Å²) >= 11 is 0. The van der Waals surface area contributed by atoms with Crippen molar-refractivity contribution in [1.29, 1.82) is 0 Å². The van der Waals surface area contributed by atoms with Crippen LogP contribution in [-0.4, -0.2) is 21.1 Å². The van der Waals surface area contributed by atoms with Crippen molar-refractivity contribution in [2.45, 2.75) is 11.8 Å².